The maximum Gasteiger partial charge on any atom is 0.417 e. The van der Waals surface area contributed by atoms with Crippen LogP contribution in [0, 0.1) is 11.6 Å². The Balaban J connectivity index is 2.23. The Labute approximate surface area is 193 Å². The minimum atomic E-state index is -5.97. The largest absolute Gasteiger partial charge is 0.417 e. The first kappa shape index (κ1) is 26.7. The van der Waals surface area contributed by atoms with Gasteiger partial charge < -0.3 is 10.6 Å². The third-order valence-electron chi connectivity index (χ3n) is 4.63. The van der Waals surface area contributed by atoms with Gasteiger partial charge >= 0.3 is 12.4 Å². The maximum absolute atomic E-state index is 14.5. The summed E-state index contributed by atoms with van der Waals surface area (Å²) >= 11 is 0. The Morgan fingerprint density at radius 2 is 1.64 bits per heavy atom. The van der Waals surface area contributed by atoms with Crippen molar-refractivity contribution in [3.8, 4) is 5.69 Å². The number of carbonyl (C=O) groups excluding carboxylic acids is 1. The van der Waals surface area contributed by atoms with Crippen LogP contribution in [0.5, 0.6) is 0 Å². The molecule has 6 nitrogen and oxygen atoms in total. The van der Waals surface area contributed by atoms with Gasteiger partial charge in [0.15, 0.2) is 5.65 Å². The van der Waals surface area contributed by atoms with Crippen molar-refractivity contribution in [2.45, 2.75) is 24.8 Å². The van der Waals surface area contributed by atoms with E-state index in [0.29, 0.717) is 22.1 Å². The number of amides is 1. The number of nitrogens with zero attached hydrogens (tertiary/aromatic N) is 2. The van der Waals surface area contributed by atoms with Crippen molar-refractivity contribution >= 4 is 22.8 Å². The highest BCUT2D eigenvalue weighted by Crippen LogP contribution is 2.33. The number of rotatable bonds is 6. The Morgan fingerprint density at radius 1 is 1.00 bits per heavy atom. The highest BCUT2D eigenvalue weighted by molar-refractivity contribution is 5.97. The van der Waals surface area contributed by atoms with Crippen LogP contribution in [0.25, 0.3) is 16.7 Å². The Hall–Kier alpha value is -3.85. The minimum Gasteiger partial charge on any atom is -0.364 e. The van der Waals surface area contributed by atoms with Gasteiger partial charge in [-0.15, -0.1) is 0 Å². The molecule has 0 atom stereocenters. The molecule has 0 aliphatic heterocycles. The van der Waals surface area contributed by atoms with Crippen LogP contribution >= 0.6 is 0 Å². The van der Waals surface area contributed by atoms with Crippen molar-refractivity contribution < 1.29 is 48.7 Å². The molecule has 0 unspecified atom stereocenters. The van der Waals surface area contributed by atoms with Crippen molar-refractivity contribution in [1.29, 1.82) is 0 Å². The Kier molecular flexibility index (Phi) is 7.18. The molecule has 0 aliphatic rings. The SMILES string of the molecule is O=C(NC(C(F)(F)F)C(F)(F)F)c1cn(-c2ccc(F)cc2F)c2nc(NCC(F)F)ccc2c1=O. The van der Waals surface area contributed by atoms with Gasteiger partial charge in [-0.1, -0.05) is 0 Å². The number of fused-ring (bicyclic) bond motifs is 1. The molecule has 0 saturated carbocycles. The molecule has 0 bridgehead atoms. The van der Waals surface area contributed by atoms with Gasteiger partial charge in [0.05, 0.1) is 17.6 Å². The van der Waals surface area contributed by atoms with E-state index in [4.69, 9.17) is 0 Å². The van der Waals surface area contributed by atoms with E-state index in [0.717, 1.165) is 24.3 Å². The number of carbonyl (C=O) groups is 1. The van der Waals surface area contributed by atoms with Crippen molar-refractivity contribution in [1.82, 2.24) is 14.9 Å². The van der Waals surface area contributed by atoms with Crippen LogP contribution in [-0.4, -0.2) is 46.8 Å². The molecule has 194 valence electrons. The lowest BCUT2D eigenvalue weighted by Crippen LogP contribution is -2.55. The number of aromatic nitrogens is 2. The number of alkyl halides is 8. The van der Waals surface area contributed by atoms with Gasteiger partial charge in [-0.05, 0) is 24.3 Å². The van der Waals surface area contributed by atoms with Crippen LogP contribution in [0.1, 0.15) is 10.4 Å². The standard InChI is InChI=1S/C20H12F10N4O2/c21-8-1-3-12(11(22)5-8)34-7-10(17(36)33-18(19(25,26)27)20(28,29)30)15(35)9-2-4-14(32-16(9)34)31-6-13(23)24/h1-5,7,13,18H,6H2,(H,31,32)(H,33,36). The zero-order valence-electron chi connectivity index (χ0n) is 17.3. The van der Waals surface area contributed by atoms with Gasteiger partial charge in [-0.2, -0.15) is 26.3 Å². The van der Waals surface area contributed by atoms with Crippen LogP contribution in [0.3, 0.4) is 0 Å². The Bertz CT molecular complexity index is 1340. The third kappa shape index (κ3) is 5.68. The zero-order chi connectivity index (χ0) is 27.0. The topological polar surface area (TPSA) is 76.0 Å². The van der Waals surface area contributed by atoms with Gasteiger partial charge in [0.25, 0.3) is 12.3 Å². The molecule has 3 rings (SSSR count). The summed E-state index contributed by atoms with van der Waals surface area (Å²) in [7, 11) is 0. The van der Waals surface area contributed by atoms with Crippen molar-refractivity contribution in [2.24, 2.45) is 0 Å². The number of pyridine rings is 2. The smallest absolute Gasteiger partial charge is 0.364 e. The van der Waals surface area contributed by atoms with E-state index in [1.54, 1.807) is 0 Å². The molecule has 0 aliphatic carbocycles. The van der Waals surface area contributed by atoms with Gasteiger partial charge in [0.1, 0.15) is 23.0 Å². The van der Waals surface area contributed by atoms with E-state index in [9.17, 15) is 53.5 Å². The maximum atomic E-state index is 14.5. The van der Waals surface area contributed by atoms with E-state index in [-0.39, 0.29) is 5.82 Å². The number of hydrogen-bond acceptors (Lipinski definition) is 4. The van der Waals surface area contributed by atoms with Gasteiger partial charge in [-0.3, -0.25) is 14.2 Å². The van der Waals surface area contributed by atoms with Crippen molar-refractivity contribution in [3.05, 3.63) is 63.9 Å². The fourth-order valence-corrected chi connectivity index (χ4v) is 3.06. The first-order valence-corrected chi connectivity index (χ1v) is 9.57. The zero-order valence-corrected chi connectivity index (χ0v) is 17.3. The van der Waals surface area contributed by atoms with Crippen LogP contribution < -0.4 is 16.1 Å². The molecule has 0 fully saturated rings. The third-order valence-corrected chi connectivity index (χ3v) is 4.63. The lowest BCUT2D eigenvalue weighted by Gasteiger charge is -2.24. The second kappa shape index (κ2) is 9.66. The normalized spacial score (nSPS) is 12.4. The first-order valence-electron chi connectivity index (χ1n) is 9.57. The van der Waals surface area contributed by atoms with Gasteiger partial charge in [0, 0.05) is 12.3 Å². The fraction of sp³-hybridized carbons (Fsp3) is 0.250. The number of anilines is 1. The molecule has 2 N–H and O–H groups in total. The van der Waals surface area contributed by atoms with Gasteiger partial charge in [-0.25, -0.2) is 22.5 Å². The van der Waals surface area contributed by atoms with E-state index in [2.05, 4.69) is 10.3 Å². The molecule has 36 heavy (non-hydrogen) atoms. The predicted octanol–water partition coefficient (Wildman–Crippen LogP) is 4.56. The molecular weight excluding hydrogens is 518 g/mol. The quantitative estimate of drug-likeness (QED) is 0.459. The van der Waals surface area contributed by atoms with Crippen LogP contribution in [0.2, 0.25) is 0 Å². The van der Waals surface area contributed by atoms with E-state index in [1.807, 2.05) is 0 Å². The minimum absolute atomic E-state index is 0.273. The molecule has 0 radical (unpaired) electrons. The lowest BCUT2D eigenvalue weighted by atomic mass is 10.1. The molecule has 2 heterocycles. The van der Waals surface area contributed by atoms with Crippen molar-refractivity contribution in [3.63, 3.8) is 0 Å². The average Bonchev–Trinajstić information content (AvgIpc) is 2.75. The monoisotopic (exact) mass is 530 g/mol. The predicted molar refractivity (Wildman–Crippen MR) is 105 cm³/mol. The summed E-state index contributed by atoms with van der Waals surface area (Å²) in [6.45, 7) is -0.898. The summed E-state index contributed by atoms with van der Waals surface area (Å²) in [5.74, 6) is -4.75. The first-order chi connectivity index (χ1) is 16.6. The molecule has 0 spiro atoms. The second-order valence-corrected chi connectivity index (χ2v) is 7.17. The van der Waals surface area contributed by atoms with Crippen molar-refractivity contribution in [2.75, 3.05) is 11.9 Å². The summed E-state index contributed by atoms with van der Waals surface area (Å²) < 4.78 is 131. The number of hydrogen-bond donors (Lipinski definition) is 2. The molecule has 2 aromatic heterocycles. The van der Waals surface area contributed by atoms with Crippen LogP contribution in [0.4, 0.5) is 49.7 Å². The summed E-state index contributed by atoms with van der Waals surface area (Å²) in [6.07, 6.45) is -14.4. The molecule has 0 saturated heterocycles. The number of halogens is 10. The summed E-state index contributed by atoms with van der Waals surface area (Å²) in [5, 5.41) is 2.30. The van der Waals surface area contributed by atoms with Gasteiger partial charge in [0.2, 0.25) is 11.5 Å². The highest BCUT2D eigenvalue weighted by Gasteiger charge is 2.57. The molecule has 3 aromatic rings. The van der Waals surface area contributed by atoms with Crippen LogP contribution in [0.15, 0.2) is 41.3 Å². The van der Waals surface area contributed by atoms with E-state index >= 15 is 0 Å². The number of nitrogens with one attached hydrogen (secondary N) is 2. The second-order valence-electron chi connectivity index (χ2n) is 7.17. The highest BCUT2D eigenvalue weighted by atomic mass is 19.4. The molecular formula is C20H12F10N4O2. The van der Waals surface area contributed by atoms with E-state index < -0.39 is 76.6 Å². The van der Waals surface area contributed by atoms with Crippen LogP contribution in [-0.2, 0) is 0 Å². The molecule has 1 amide bonds. The average molecular weight is 530 g/mol. The lowest BCUT2D eigenvalue weighted by molar-refractivity contribution is -0.255. The summed E-state index contributed by atoms with van der Waals surface area (Å²) in [6, 6.07) is -0.606. The summed E-state index contributed by atoms with van der Waals surface area (Å²) in [4.78, 5) is 29.0. The summed E-state index contributed by atoms with van der Waals surface area (Å²) in [5.41, 5.74) is -3.79. The molecule has 1 aromatic carbocycles. The van der Waals surface area contributed by atoms with E-state index in [1.165, 1.54) is 0 Å². The Morgan fingerprint density at radius 3 is 2.19 bits per heavy atom. The molecule has 16 heteroatoms. The number of benzene rings is 1. The fourth-order valence-electron chi connectivity index (χ4n) is 3.06.